The second-order valence-electron chi connectivity index (χ2n) is 8.28. The van der Waals surface area contributed by atoms with Crippen LogP contribution in [0.5, 0.6) is 5.75 Å². The molecule has 0 bridgehead atoms. The molecule has 1 heterocycles. The molecule has 3 aromatic carbocycles. The van der Waals surface area contributed by atoms with Crippen molar-refractivity contribution in [2.75, 3.05) is 12.4 Å². The third kappa shape index (κ3) is 4.58. The van der Waals surface area contributed by atoms with E-state index in [1.807, 2.05) is 32.0 Å². The Balaban J connectivity index is 1.99. The summed E-state index contributed by atoms with van der Waals surface area (Å²) in [5.41, 5.74) is 3.06. The smallest absolute Gasteiger partial charge is 0.270 e. The number of benzene rings is 3. The Morgan fingerprint density at radius 1 is 1.00 bits per heavy atom. The molecule has 1 N–H and O–H groups in total. The lowest BCUT2D eigenvalue weighted by Gasteiger charge is -2.20. The van der Waals surface area contributed by atoms with Crippen LogP contribution in [0.25, 0.3) is 16.8 Å². The molecule has 0 aliphatic heterocycles. The number of hydrogen-bond donors (Lipinski definition) is 1. The highest BCUT2D eigenvalue weighted by Crippen LogP contribution is 2.34. The van der Waals surface area contributed by atoms with Crippen molar-refractivity contribution < 1.29 is 14.5 Å². The fraction of sp³-hybridized carbons (Fsp3) is 0.148. The van der Waals surface area contributed by atoms with Gasteiger partial charge in [-0.2, -0.15) is 5.10 Å². The van der Waals surface area contributed by atoms with Crippen molar-refractivity contribution in [2.24, 2.45) is 0 Å². The van der Waals surface area contributed by atoms with Gasteiger partial charge in [0.2, 0.25) is 5.43 Å². The summed E-state index contributed by atoms with van der Waals surface area (Å²) in [5.74, 6) is -0.0648. The molecule has 0 radical (unpaired) electrons. The van der Waals surface area contributed by atoms with Crippen molar-refractivity contribution in [1.82, 2.24) is 9.78 Å². The van der Waals surface area contributed by atoms with Crippen LogP contribution in [0.3, 0.4) is 0 Å². The van der Waals surface area contributed by atoms with Crippen LogP contribution in [0, 0.1) is 30.9 Å². The number of amides is 1. The van der Waals surface area contributed by atoms with Gasteiger partial charge >= 0.3 is 0 Å². The molecular formula is C27H24N4O5. The number of aromatic nitrogens is 2. The third-order valence-electron chi connectivity index (χ3n) is 5.92. The first-order valence-electron chi connectivity index (χ1n) is 11.1. The van der Waals surface area contributed by atoms with Crippen LogP contribution >= 0.6 is 0 Å². The van der Waals surface area contributed by atoms with Crippen LogP contribution in [0.2, 0.25) is 0 Å². The van der Waals surface area contributed by atoms with Gasteiger partial charge < -0.3 is 10.1 Å². The summed E-state index contributed by atoms with van der Waals surface area (Å²) in [6.45, 7) is 5.54. The van der Waals surface area contributed by atoms with Crippen LogP contribution in [-0.4, -0.2) is 27.7 Å². The van der Waals surface area contributed by atoms with Gasteiger partial charge in [0, 0.05) is 23.3 Å². The standard InChI is InChI=1S/C27H24N4O5/c1-16-12-13-20(14-17(16)2)30-26(28-27(33)19-8-7-9-21(15-19)31(34)35)24(25(32)18(3)29-30)22-10-5-6-11-23(22)36-4/h5-15H,1-4H3,(H,28,33). The number of aryl methyl sites for hydroxylation is 3. The number of nitro benzene ring substituents is 1. The first-order valence-corrected chi connectivity index (χ1v) is 11.1. The van der Waals surface area contributed by atoms with Crippen LogP contribution in [0.1, 0.15) is 27.2 Å². The molecule has 4 rings (SSSR count). The topological polar surface area (TPSA) is 116 Å². The first kappa shape index (κ1) is 24.3. The molecule has 1 amide bonds. The van der Waals surface area contributed by atoms with Crippen molar-refractivity contribution in [2.45, 2.75) is 20.8 Å². The minimum absolute atomic E-state index is 0.0647. The molecule has 9 heteroatoms. The van der Waals surface area contributed by atoms with Gasteiger partial charge in [-0.3, -0.25) is 19.7 Å². The average Bonchev–Trinajstić information content (AvgIpc) is 2.88. The number of hydrogen-bond acceptors (Lipinski definition) is 6. The van der Waals surface area contributed by atoms with E-state index >= 15 is 0 Å². The first-order chi connectivity index (χ1) is 17.2. The lowest BCUT2D eigenvalue weighted by Crippen LogP contribution is -2.25. The van der Waals surface area contributed by atoms with Gasteiger partial charge in [0.15, 0.2) is 0 Å². The second-order valence-corrected chi connectivity index (χ2v) is 8.28. The Morgan fingerprint density at radius 2 is 1.75 bits per heavy atom. The summed E-state index contributed by atoms with van der Waals surface area (Å²) in [5, 5.41) is 18.5. The van der Waals surface area contributed by atoms with E-state index in [2.05, 4.69) is 10.4 Å². The predicted molar refractivity (Wildman–Crippen MR) is 137 cm³/mol. The summed E-state index contributed by atoms with van der Waals surface area (Å²) in [6, 6.07) is 18.0. The molecule has 0 unspecified atom stereocenters. The van der Waals surface area contributed by atoms with Crippen molar-refractivity contribution in [1.29, 1.82) is 0 Å². The largest absolute Gasteiger partial charge is 0.496 e. The van der Waals surface area contributed by atoms with E-state index in [1.54, 1.807) is 31.2 Å². The normalized spacial score (nSPS) is 10.7. The summed E-state index contributed by atoms with van der Waals surface area (Å²) in [6.07, 6.45) is 0. The molecule has 4 aromatic rings. The molecule has 36 heavy (non-hydrogen) atoms. The maximum atomic E-state index is 13.5. The van der Waals surface area contributed by atoms with Crippen LogP contribution in [0.15, 0.2) is 71.5 Å². The summed E-state index contributed by atoms with van der Waals surface area (Å²) in [4.78, 5) is 37.4. The number of carbonyl (C=O) groups excluding carboxylic acids is 1. The zero-order chi connectivity index (χ0) is 26.0. The number of ether oxygens (including phenoxy) is 1. The highest BCUT2D eigenvalue weighted by Gasteiger charge is 2.23. The average molecular weight is 485 g/mol. The van der Waals surface area contributed by atoms with Gasteiger partial charge in [0.05, 0.1) is 23.3 Å². The number of nitrogens with one attached hydrogen (secondary N) is 1. The fourth-order valence-electron chi connectivity index (χ4n) is 3.84. The SMILES string of the molecule is COc1ccccc1-c1c(NC(=O)c2cccc([N+](=O)[O-])c2)n(-c2ccc(C)c(C)c2)nc(C)c1=O. The number of nitro groups is 1. The summed E-state index contributed by atoms with van der Waals surface area (Å²) >= 11 is 0. The molecule has 0 spiro atoms. The number of rotatable bonds is 6. The Bertz CT molecular complexity index is 1560. The van der Waals surface area contributed by atoms with Gasteiger partial charge in [-0.25, -0.2) is 4.68 Å². The van der Waals surface area contributed by atoms with Crippen LogP contribution in [0.4, 0.5) is 11.5 Å². The van der Waals surface area contributed by atoms with Gasteiger partial charge in [-0.15, -0.1) is 0 Å². The van der Waals surface area contributed by atoms with E-state index in [0.29, 0.717) is 17.0 Å². The lowest BCUT2D eigenvalue weighted by molar-refractivity contribution is -0.384. The zero-order valence-corrected chi connectivity index (χ0v) is 20.2. The Kier molecular flexibility index (Phi) is 6.64. The maximum absolute atomic E-state index is 13.5. The molecule has 0 saturated carbocycles. The lowest BCUT2D eigenvalue weighted by atomic mass is 10.0. The molecule has 0 aliphatic carbocycles. The van der Waals surface area contributed by atoms with Crippen LogP contribution < -0.4 is 15.5 Å². The third-order valence-corrected chi connectivity index (χ3v) is 5.92. The monoisotopic (exact) mass is 484 g/mol. The quantitative estimate of drug-likeness (QED) is 0.304. The number of nitrogens with zero attached hydrogens (tertiary/aromatic N) is 3. The van der Waals surface area contributed by atoms with E-state index < -0.39 is 10.8 Å². The number of para-hydroxylation sites is 1. The number of non-ortho nitro benzene ring substituents is 1. The van der Waals surface area contributed by atoms with E-state index in [4.69, 9.17) is 4.74 Å². The summed E-state index contributed by atoms with van der Waals surface area (Å²) in [7, 11) is 1.50. The van der Waals surface area contributed by atoms with Gasteiger partial charge in [0.1, 0.15) is 17.3 Å². The Morgan fingerprint density at radius 3 is 2.44 bits per heavy atom. The van der Waals surface area contributed by atoms with Gasteiger partial charge in [-0.1, -0.05) is 30.3 Å². The van der Waals surface area contributed by atoms with Gasteiger partial charge in [0.25, 0.3) is 11.6 Å². The van der Waals surface area contributed by atoms with Crippen molar-refractivity contribution in [3.05, 3.63) is 109 Å². The molecule has 1 aromatic heterocycles. The number of carbonyl (C=O) groups is 1. The highest BCUT2D eigenvalue weighted by atomic mass is 16.6. The maximum Gasteiger partial charge on any atom is 0.270 e. The molecular weight excluding hydrogens is 460 g/mol. The van der Waals surface area contributed by atoms with Crippen molar-refractivity contribution in [3.8, 4) is 22.6 Å². The van der Waals surface area contributed by atoms with E-state index in [0.717, 1.165) is 11.1 Å². The van der Waals surface area contributed by atoms with E-state index in [9.17, 15) is 19.7 Å². The molecule has 0 fully saturated rings. The van der Waals surface area contributed by atoms with E-state index in [1.165, 1.54) is 36.1 Å². The molecule has 0 aliphatic rings. The molecule has 0 atom stereocenters. The second kappa shape index (κ2) is 9.83. The summed E-state index contributed by atoms with van der Waals surface area (Å²) < 4.78 is 7.01. The van der Waals surface area contributed by atoms with E-state index in [-0.39, 0.29) is 33.8 Å². The molecule has 182 valence electrons. The Hall–Kier alpha value is -4.79. The zero-order valence-electron chi connectivity index (χ0n) is 20.2. The molecule has 9 nitrogen and oxygen atoms in total. The van der Waals surface area contributed by atoms with Crippen molar-refractivity contribution >= 4 is 17.4 Å². The highest BCUT2D eigenvalue weighted by molar-refractivity contribution is 6.06. The predicted octanol–water partition coefficient (Wildman–Crippen LogP) is 4.99. The Labute approximate surface area is 207 Å². The minimum Gasteiger partial charge on any atom is -0.496 e. The van der Waals surface area contributed by atoms with Crippen LogP contribution in [-0.2, 0) is 0 Å². The minimum atomic E-state index is -0.627. The number of anilines is 1. The van der Waals surface area contributed by atoms with Crippen molar-refractivity contribution in [3.63, 3.8) is 0 Å². The molecule has 0 saturated heterocycles. The fourth-order valence-corrected chi connectivity index (χ4v) is 3.84. The van der Waals surface area contributed by atoms with Gasteiger partial charge in [-0.05, 0) is 56.2 Å². The number of methoxy groups -OCH3 is 1.